The molecule has 0 aromatic heterocycles. The zero-order valence-corrected chi connectivity index (χ0v) is 23.3. The highest BCUT2D eigenvalue weighted by atomic mass is 16.6. The summed E-state index contributed by atoms with van der Waals surface area (Å²) in [7, 11) is 0. The van der Waals surface area contributed by atoms with Crippen LogP contribution in [0.25, 0.3) is 5.76 Å². The minimum absolute atomic E-state index is 0.0798. The van der Waals surface area contributed by atoms with Crippen molar-refractivity contribution < 1.29 is 28.9 Å². The molecule has 0 radical (unpaired) electrons. The number of ketones is 1. The average molecular weight is 537 g/mol. The topological polar surface area (TPSA) is 88.5 Å². The van der Waals surface area contributed by atoms with Gasteiger partial charge in [0.05, 0.1) is 18.2 Å². The Bertz CT molecular complexity index is 1170. The van der Waals surface area contributed by atoms with Crippen LogP contribution in [-0.4, -0.2) is 72.6 Å². The molecule has 0 bridgehead atoms. The first-order valence-electron chi connectivity index (χ1n) is 14.1. The zero-order valence-electron chi connectivity index (χ0n) is 23.3. The summed E-state index contributed by atoms with van der Waals surface area (Å²) in [5, 5.41) is 11.4. The number of rotatable bonds is 13. The number of fused-ring (bicyclic) bond motifs is 1. The van der Waals surface area contributed by atoms with Gasteiger partial charge in [-0.3, -0.25) is 9.59 Å². The van der Waals surface area contributed by atoms with Crippen LogP contribution in [0.4, 0.5) is 0 Å². The molecule has 0 saturated carbocycles. The van der Waals surface area contributed by atoms with Crippen LogP contribution in [0, 0.1) is 0 Å². The van der Waals surface area contributed by atoms with E-state index in [-0.39, 0.29) is 11.3 Å². The van der Waals surface area contributed by atoms with E-state index in [4.69, 9.17) is 14.2 Å². The molecule has 39 heavy (non-hydrogen) atoms. The smallest absolute Gasteiger partial charge is 0.295 e. The maximum atomic E-state index is 13.4. The van der Waals surface area contributed by atoms with Gasteiger partial charge in [0.1, 0.15) is 24.7 Å². The van der Waals surface area contributed by atoms with E-state index in [1.165, 1.54) is 0 Å². The van der Waals surface area contributed by atoms with Gasteiger partial charge in [0, 0.05) is 12.1 Å². The lowest BCUT2D eigenvalue weighted by atomic mass is 9.95. The monoisotopic (exact) mass is 536 g/mol. The number of amides is 1. The third kappa shape index (κ3) is 6.56. The lowest BCUT2D eigenvalue weighted by Gasteiger charge is -2.27. The molecule has 1 saturated heterocycles. The van der Waals surface area contributed by atoms with Gasteiger partial charge in [-0.1, -0.05) is 45.7 Å². The van der Waals surface area contributed by atoms with Crippen LogP contribution in [0.1, 0.15) is 63.6 Å². The van der Waals surface area contributed by atoms with Crippen molar-refractivity contribution in [2.24, 2.45) is 0 Å². The minimum atomic E-state index is -0.705. The molecule has 2 aromatic carbocycles. The largest absolute Gasteiger partial charge is 0.507 e. The van der Waals surface area contributed by atoms with Crippen LogP contribution in [0.15, 0.2) is 48.0 Å². The highest BCUT2D eigenvalue weighted by Crippen LogP contribution is 2.41. The summed E-state index contributed by atoms with van der Waals surface area (Å²) < 4.78 is 17.1. The number of hydrogen-bond acceptors (Lipinski definition) is 7. The van der Waals surface area contributed by atoms with Gasteiger partial charge in [0.25, 0.3) is 11.7 Å². The molecule has 4 rings (SSSR count). The molecule has 1 fully saturated rings. The van der Waals surface area contributed by atoms with Gasteiger partial charge < -0.3 is 29.1 Å². The Hall–Kier alpha value is -3.52. The minimum Gasteiger partial charge on any atom is -0.507 e. The Balaban J connectivity index is 1.66. The summed E-state index contributed by atoms with van der Waals surface area (Å²) in [4.78, 5) is 30.6. The molecule has 0 aliphatic carbocycles. The summed E-state index contributed by atoms with van der Waals surface area (Å²) in [6.45, 7) is 10.9. The number of likely N-dealkylation sites (tertiary alicyclic amines) is 1. The van der Waals surface area contributed by atoms with E-state index >= 15 is 0 Å². The van der Waals surface area contributed by atoms with E-state index in [9.17, 15) is 14.7 Å². The normalized spacial score (nSPS) is 18.2. The van der Waals surface area contributed by atoms with Crippen molar-refractivity contribution in [3.63, 3.8) is 0 Å². The molecule has 1 amide bonds. The van der Waals surface area contributed by atoms with Gasteiger partial charge in [-0.05, 0) is 68.4 Å². The number of ether oxygens (including phenoxy) is 3. The molecule has 2 aliphatic heterocycles. The molecule has 2 aliphatic rings. The second kappa shape index (κ2) is 13.5. The molecule has 0 spiro atoms. The fourth-order valence-electron chi connectivity index (χ4n) is 5.10. The molecule has 210 valence electrons. The first kappa shape index (κ1) is 28.5. The Kier molecular flexibility index (Phi) is 9.87. The van der Waals surface area contributed by atoms with Gasteiger partial charge in [-0.2, -0.15) is 0 Å². The van der Waals surface area contributed by atoms with Crippen molar-refractivity contribution in [2.45, 2.75) is 52.5 Å². The van der Waals surface area contributed by atoms with E-state index in [2.05, 4.69) is 25.7 Å². The fraction of sp³-hybridized carbons (Fsp3) is 0.484. The van der Waals surface area contributed by atoms with Crippen molar-refractivity contribution in [3.05, 3.63) is 59.2 Å². The van der Waals surface area contributed by atoms with Crippen LogP contribution in [-0.2, 0) is 9.59 Å². The van der Waals surface area contributed by atoms with Crippen LogP contribution >= 0.6 is 0 Å². The lowest BCUT2D eigenvalue weighted by molar-refractivity contribution is -0.140. The summed E-state index contributed by atoms with van der Waals surface area (Å²) in [5.41, 5.74) is 1.23. The van der Waals surface area contributed by atoms with Crippen LogP contribution < -0.4 is 14.2 Å². The van der Waals surface area contributed by atoms with E-state index in [0.29, 0.717) is 49.8 Å². The van der Waals surface area contributed by atoms with Crippen molar-refractivity contribution in [3.8, 4) is 17.2 Å². The predicted molar refractivity (Wildman–Crippen MR) is 150 cm³/mol. The van der Waals surface area contributed by atoms with Crippen molar-refractivity contribution in [2.75, 3.05) is 46.0 Å². The quantitative estimate of drug-likeness (QED) is 0.163. The number of benzene rings is 2. The van der Waals surface area contributed by atoms with Gasteiger partial charge in [0.15, 0.2) is 11.5 Å². The summed E-state index contributed by atoms with van der Waals surface area (Å²) in [6.07, 6.45) is 3.94. The highest BCUT2D eigenvalue weighted by Gasteiger charge is 2.45. The second-order valence-corrected chi connectivity index (χ2v) is 9.86. The summed E-state index contributed by atoms with van der Waals surface area (Å²) in [5.74, 6) is 0.316. The SMILES string of the molecule is CCCCCOc1ccc([C@@H]2/C(=C(\O)c3ccc4c(c3)OCCO4)C(=O)C(=O)N2CCCN(CC)CC)cc1. The van der Waals surface area contributed by atoms with E-state index < -0.39 is 17.7 Å². The number of nitrogens with zero attached hydrogens (tertiary/aromatic N) is 2. The number of Topliss-reactive ketones (excluding diaryl/α,β-unsaturated/α-hetero) is 1. The number of unbranched alkanes of at least 4 members (excludes halogenated alkanes) is 2. The summed E-state index contributed by atoms with van der Waals surface area (Å²) in [6, 6.07) is 11.8. The Labute approximate surface area is 231 Å². The molecule has 0 unspecified atom stereocenters. The van der Waals surface area contributed by atoms with E-state index in [1.54, 1.807) is 23.1 Å². The number of aliphatic hydroxyl groups is 1. The van der Waals surface area contributed by atoms with Gasteiger partial charge in [-0.15, -0.1) is 0 Å². The number of aliphatic hydroxyl groups excluding tert-OH is 1. The molecular weight excluding hydrogens is 496 g/mol. The summed E-state index contributed by atoms with van der Waals surface area (Å²) >= 11 is 0. The van der Waals surface area contributed by atoms with E-state index in [0.717, 1.165) is 50.2 Å². The standard InChI is InChI=1S/C31H40N2O6/c1-4-7-8-18-37-24-13-10-22(11-14-24)28-27(29(34)23-12-15-25-26(21-23)39-20-19-38-25)30(35)31(36)33(28)17-9-16-32(5-2)6-3/h10-15,21,28,34H,4-9,16-20H2,1-3H3/b29-27+/t28-/m1/s1. The molecule has 1 atom stereocenters. The Morgan fingerprint density at radius 2 is 1.69 bits per heavy atom. The van der Waals surface area contributed by atoms with Gasteiger partial charge >= 0.3 is 0 Å². The fourth-order valence-corrected chi connectivity index (χ4v) is 5.10. The number of carbonyl (C=O) groups is 2. The van der Waals surface area contributed by atoms with Crippen LogP contribution in [0.2, 0.25) is 0 Å². The number of carbonyl (C=O) groups excluding carboxylic acids is 2. The maximum Gasteiger partial charge on any atom is 0.295 e. The van der Waals surface area contributed by atoms with Crippen molar-refractivity contribution >= 4 is 17.4 Å². The Morgan fingerprint density at radius 1 is 0.974 bits per heavy atom. The van der Waals surface area contributed by atoms with Crippen molar-refractivity contribution in [1.29, 1.82) is 0 Å². The third-order valence-electron chi connectivity index (χ3n) is 7.34. The molecule has 8 nitrogen and oxygen atoms in total. The van der Waals surface area contributed by atoms with Gasteiger partial charge in [0.2, 0.25) is 0 Å². The predicted octanol–water partition coefficient (Wildman–Crippen LogP) is 5.18. The molecule has 8 heteroatoms. The molecular formula is C31H40N2O6. The van der Waals surface area contributed by atoms with Crippen LogP contribution in [0.3, 0.4) is 0 Å². The molecule has 1 N–H and O–H groups in total. The second-order valence-electron chi connectivity index (χ2n) is 9.86. The van der Waals surface area contributed by atoms with Crippen molar-refractivity contribution in [1.82, 2.24) is 9.80 Å². The zero-order chi connectivity index (χ0) is 27.8. The first-order chi connectivity index (χ1) is 19.0. The van der Waals surface area contributed by atoms with Gasteiger partial charge in [-0.25, -0.2) is 0 Å². The maximum absolute atomic E-state index is 13.4. The Morgan fingerprint density at radius 3 is 2.38 bits per heavy atom. The van der Waals surface area contributed by atoms with Crippen LogP contribution in [0.5, 0.6) is 17.2 Å². The average Bonchev–Trinajstić information content (AvgIpc) is 3.22. The molecule has 2 aromatic rings. The van der Waals surface area contributed by atoms with E-state index in [1.807, 2.05) is 24.3 Å². The highest BCUT2D eigenvalue weighted by molar-refractivity contribution is 6.46. The molecule has 2 heterocycles. The lowest BCUT2D eigenvalue weighted by Crippen LogP contribution is -2.33. The number of hydrogen-bond donors (Lipinski definition) is 1. The third-order valence-corrected chi connectivity index (χ3v) is 7.34. The first-order valence-corrected chi connectivity index (χ1v) is 14.1.